The fourth-order valence-electron chi connectivity index (χ4n) is 1.71. The molecule has 0 saturated heterocycles. The van der Waals surface area contributed by atoms with Crippen molar-refractivity contribution < 1.29 is 14.3 Å². The second kappa shape index (κ2) is 7.14. The normalized spacial score (nSPS) is 13.7. The van der Waals surface area contributed by atoms with Crippen LogP contribution in [0.15, 0.2) is 24.3 Å². The van der Waals surface area contributed by atoms with Gasteiger partial charge in [-0.2, -0.15) is 0 Å². The van der Waals surface area contributed by atoms with Crippen LogP contribution in [0.4, 0.5) is 5.69 Å². The minimum absolute atomic E-state index is 0.124. The van der Waals surface area contributed by atoms with Gasteiger partial charge in [-0.25, -0.2) is 0 Å². The summed E-state index contributed by atoms with van der Waals surface area (Å²) in [6.45, 7) is 8.71. The summed E-state index contributed by atoms with van der Waals surface area (Å²) < 4.78 is 10.9. The highest BCUT2D eigenvalue weighted by atomic mass is 16.5. The Morgan fingerprint density at radius 1 is 1.16 bits per heavy atom. The van der Waals surface area contributed by atoms with Gasteiger partial charge in [-0.05, 0) is 51.5 Å². The number of amides is 1. The highest BCUT2D eigenvalue weighted by Gasteiger charge is 2.31. The molecule has 0 spiro atoms. The van der Waals surface area contributed by atoms with Crippen LogP contribution in [0.3, 0.4) is 0 Å². The maximum atomic E-state index is 12.2. The molecule has 0 radical (unpaired) electrons. The van der Waals surface area contributed by atoms with Gasteiger partial charge in [-0.3, -0.25) is 4.79 Å². The summed E-state index contributed by atoms with van der Waals surface area (Å²) in [6.07, 6.45) is 0.629. The summed E-state index contributed by atoms with van der Waals surface area (Å²) in [5.74, 6) is 0.671. The molecule has 19 heavy (non-hydrogen) atoms. The van der Waals surface area contributed by atoms with Crippen molar-refractivity contribution in [3.05, 3.63) is 24.3 Å². The molecule has 1 amide bonds. The van der Waals surface area contributed by atoms with Crippen LogP contribution in [0.2, 0.25) is 0 Å². The molecular formula is C15H23NO3. The van der Waals surface area contributed by atoms with Crippen LogP contribution < -0.4 is 10.1 Å². The van der Waals surface area contributed by atoms with E-state index in [1.165, 1.54) is 0 Å². The number of hydrogen-bond donors (Lipinski definition) is 1. The number of anilines is 1. The molecule has 0 aliphatic rings. The number of carbonyl (C=O) groups excluding carboxylic acids is 1. The van der Waals surface area contributed by atoms with E-state index in [9.17, 15) is 4.79 Å². The van der Waals surface area contributed by atoms with Crippen molar-refractivity contribution in [2.45, 2.75) is 39.7 Å². The van der Waals surface area contributed by atoms with Crippen molar-refractivity contribution in [2.75, 3.05) is 18.5 Å². The molecule has 4 heteroatoms. The van der Waals surface area contributed by atoms with E-state index in [-0.39, 0.29) is 5.91 Å². The summed E-state index contributed by atoms with van der Waals surface area (Å²) >= 11 is 0. The molecule has 0 aliphatic carbocycles. The molecule has 1 aromatic carbocycles. The SMILES string of the molecule is CCOc1ccc(NC(=O)[C@](C)(CC)OCC)cc1. The zero-order valence-electron chi connectivity index (χ0n) is 12.2. The predicted molar refractivity (Wildman–Crippen MR) is 76.6 cm³/mol. The third kappa shape index (κ3) is 4.24. The Labute approximate surface area is 115 Å². The molecule has 0 unspecified atom stereocenters. The lowest BCUT2D eigenvalue weighted by atomic mass is 10.0. The van der Waals surface area contributed by atoms with Crippen LogP contribution >= 0.6 is 0 Å². The molecule has 1 atom stereocenters. The minimum atomic E-state index is -0.784. The van der Waals surface area contributed by atoms with Crippen molar-refractivity contribution in [3.63, 3.8) is 0 Å². The Bertz CT molecular complexity index is 402. The number of nitrogens with one attached hydrogen (secondary N) is 1. The molecule has 0 fully saturated rings. The highest BCUT2D eigenvalue weighted by Crippen LogP contribution is 2.20. The third-order valence-electron chi connectivity index (χ3n) is 3.04. The summed E-state index contributed by atoms with van der Waals surface area (Å²) in [7, 11) is 0. The zero-order chi connectivity index (χ0) is 14.3. The van der Waals surface area contributed by atoms with Crippen molar-refractivity contribution >= 4 is 11.6 Å². The molecule has 0 saturated carbocycles. The second-order valence-corrected chi connectivity index (χ2v) is 4.43. The molecule has 0 heterocycles. The first-order valence-corrected chi connectivity index (χ1v) is 6.74. The molecule has 4 nitrogen and oxygen atoms in total. The predicted octanol–water partition coefficient (Wildman–Crippen LogP) is 3.23. The number of benzene rings is 1. The lowest BCUT2D eigenvalue weighted by Crippen LogP contribution is -2.42. The van der Waals surface area contributed by atoms with Crippen LogP contribution in [-0.2, 0) is 9.53 Å². The van der Waals surface area contributed by atoms with Gasteiger partial charge in [0.2, 0.25) is 0 Å². The molecule has 0 bridgehead atoms. The van der Waals surface area contributed by atoms with Gasteiger partial charge in [-0.1, -0.05) is 6.92 Å². The van der Waals surface area contributed by atoms with Crippen LogP contribution in [0, 0.1) is 0 Å². The maximum absolute atomic E-state index is 12.2. The number of carbonyl (C=O) groups is 1. The summed E-state index contributed by atoms with van der Waals surface area (Å²) in [5.41, 5.74) is -0.0410. The van der Waals surface area contributed by atoms with Gasteiger partial charge < -0.3 is 14.8 Å². The van der Waals surface area contributed by atoms with E-state index in [0.717, 1.165) is 11.4 Å². The van der Waals surface area contributed by atoms with Gasteiger partial charge in [0.1, 0.15) is 11.4 Å². The second-order valence-electron chi connectivity index (χ2n) is 4.43. The lowest BCUT2D eigenvalue weighted by Gasteiger charge is -2.26. The number of hydrogen-bond acceptors (Lipinski definition) is 3. The van der Waals surface area contributed by atoms with E-state index in [0.29, 0.717) is 19.6 Å². The highest BCUT2D eigenvalue weighted by molar-refractivity contribution is 5.97. The van der Waals surface area contributed by atoms with E-state index < -0.39 is 5.60 Å². The van der Waals surface area contributed by atoms with Gasteiger partial charge in [0.15, 0.2) is 0 Å². The van der Waals surface area contributed by atoms with E-state index in [1.807, 2.05) is 45.0 Å². The molecule has 1 aromatic rings. The first-order chi connectivity index (χ1) is 9.05. The first-order valence-electron chi connectivity index (χ1n) is 6.74. The fourth-order valence-corrected chi connectivity index (χ4v) is 1.71. The molecule has 1 rings (SSSR count). The molecular weight excluding hydrogens is 242 g/mol. The Kier molecular flexibility index (Phi) is 5.83. The Morgan fingerprint density at radius 3 is 2.26 bits per heavy atom. The van der Waals surface area contributed by atoms with Gasteiger partial charge in [0, 0.05) is 12.3 Å². The van der Waals surface area contributed by atoms with Crippen molar-refractivity contribution in [3.8, 4) is 5.75 Å². The van der Waals surface area contributed by atoms with Crippen LogP contribution in [-0.4, -0.2) is 24.7 Å². The van der Waals surface area contributed by atoms with E-state index in [4.69, 9.17) is 9.47 Å². The quantitative estimate of drug-likeness (QED) is 0.823. The topological polar surface area (TPSA) is 47.6 Å². The third-order valence-corrected chi connectivity index (χ3v) is 3.04. The van der Waals surface area contributed by atoms with Gasteiger partial charge in [-0.15, -0.1) is 0 Å². The Balaban J connectivity index is 2.70. The van der Waals surface area contributed by atoms with Crippen molar-refractivity contribution in [1.29, 1.82) is 0 Å². The summed E-state index contributed by atoms with van der Waals surface area (Å²) in [4.78, 5) is 12.2. The minimum Gasteiger partial charge on any atom is -0.494 e. The standard InChI is InChI=1S/C15H23NO3/c1-5-15(4,19-7-3)14(17)16-12-8-10-13(11-9-12)18-6-2/h8-11H,5-7H2,1-4H3,(H,16,17)/t15-/m0/s1. The Morgan fingerprint density at radius 2 is 1.79 bits per heavy atom. The van der Waals surface area contributed by atoms with E-state index in [1.54, 1.807) is 6.92 Å². The number of rotatable bonds is 7. The largest absolute Gasteiger partial charge is 0.494 e. The fraction of sp³-hybridized carbons (Fsp3) is 0.533. The van der Waals surface area contributed by atoms with Crippen LogP contribution in [0.1, 0.15) is 34.1 Å². The van der Waals surface area contributed by atoms with E-state index >= 15 is 0 Å². The first kappa shape index (κ1) is 15.5. The average molecular weight is 265 g/mol. The smallest absolute Gasteiger partial charge is 0.256 e. The molecule has 0 aliphatic heterocycles. The van der Waals surface area contributed by atoms with Gasteiger partial charge in [0.05, 0.1) is 6.61 Å². The van der Waals surface area contributed by atoms with Crippen molar-refractivity contribution in [2.24, 2.45) is 0 Å². The summed E-state index contributed by atoms with van der Waals surface area (Å²) in [5, 5.41) is 2.87. The average Bonchev–Trinajstić information content (AvgIpc) is 2.41. The Hall–Kier alpha value is -1.55. The van der Waals surface area contributed by atoms with E-state index in [2.05, 4.69) is 5.32 Å². The van der Waals surface area contributed by atoms with Crippen LogP contribution in [0.25, 0.3) is 0 Å². The maximum Gasteiger partial charge on any atom is 0.256 e. The molecule has 0 aromatic heterocycles. The summed E-state index contributed by atoms with van der Waals surface area (Å²) in [6, 6.07) is 7.32. The van der Waals surface area contributed by atoms with Crippen LogP contribution in [0.5, 0.6) is 5.75 Å². The molecule has 1 N–H and O–H groups in total. The molecule has 106 valence electrons. The van der Waals surface area contributed by atoms with Gasteiger partial charge in [0.25, 0.3) is 5.91 Å². The monoisotopic (exact) mass is 265 g/mol. The van der Waals surface area contributed by atoms with Crippen molar-refractivity contribution in [1.82, 2.24) is 0 Å². The lowest BCUT2D eigenvalue weighted by molar-refractivity contribution is -0.139. The zero-order valence-corrected chi connectivity index (χ0v) is 12.2. The van der Waals surface area contributed by atoms with Gasteiger partial charge >= 0.3 is 0 Å². The number of ether oxygens (including phenoxy) is 2.